The van der Waals surface area contributed by atoms with Crippen LogP contribution in [0.2, 0.25) is 0 Å². The zero-order chi connectivity index (χ0) is 15.9. The Morgan fingerprint density at radius 3 is 2.55 bits per heavy atom. The SMILES string of the molecule is CCNC(=O)c1ccc(N2CCN(CC(=O)OC)CC2)nc1. The Hall–Kier alpha value is -2.15. The largest absolute Gasteiger partial charge is 0.468 e. The molecule has 0 radical (unpaired) electrons. The van der Waals surface area contributed by atoms with Gasteiger partial charge in [0.25, 0.3) is 5.91 Å². The first kappa shape index (κ1) is 16.2. The van der Waals surface area contributed by atoms with Crippen molar-refractivity contribution in [1.82, 2.24) is 15.2 Å². The highest BCUT2D eigenvalue weighted by Crippen LogP contribution is 2.14. The van der Waals surface area contributed by atoms with Crippen molar-refractivity contribution < 1.29 is 14.3 Å². The third-order valence-electron chi connectivity index (χ3n) is 3.62. The average Bonchev–Trinajstić information content (AvgIpc) is 2.56. The Balaban J connectivity index is 1.89. The zero-order valence-electron chi connectivity index (χ0n) is 13.0. The maximum atomic E-state index is 11.7. The van der Waals surface area contributed by atoms with Crippen molar-refractivity contribution in [1.29, 1.82) is 0 Å². The molecule has 0 atom stereocenters. The molecule has 7 nitrogen and oxygen atoms in total. The van der Waals surface area contributed by atoms with Gasteiger partial charge >= 0.3 is 5.97 Å². The lowest BCUT2D eigenvalue weighted by Gasteiger charge is -2.34. The summed E-state index contributed by atoms with van der Waals surface area (Å²) in [6, 6.07) is 3.65. The Morgan fingerprint density at radius 1 is 1.27 bits per heavy atom. The number of piperazine rings is 1. The van der Waals surface area contributed by atoms with Crippen LogP contribution in [0.3, 0.4) is 0 Å². The molecule has 1 fully saturated rings. The van der Waals surface area contributed by atoms with Gasteiger partial charge in [0.1, 0.15) is 5.82 Å². The van der Waals surface area contributed by atoms with E-state index < -0.39 is 0 Å². The summed E-state index contributed by atoms with van der Waals surface area (Å²) in [7, 11) is 1.40. The van der Waals surface area contributed by atoms with Crippen LogP contribution in [0, 0.1) is 0 Å². The number of nitrogens with zero attached hydrogens (tertiary/aromatic N) is 3. The first-order valence-corrected chi connectivity index (χ1v) is 7.42. The molecule has 1 aliphatic rings. The fourth-order valence-corrected chi connectivity index (χ4v) is 2.35. The average molecular weight is 306 g/mol. The quantitative estimate of drug-likeness (QED) is 0.779. The van der Waals surface area contributed by atoms with Gasteiger partial charge in [-0.3, -0.25) is 14.5 Å². The number of amides is 1. The number of nitrogens with one attached hydrogen (secondary N) is 1. The van der Waals surface area contributed by atoms with Crippen LogP contribution >= 0.6 is 0 Å². The molecule has 1 aliphatic heterocycles. The van der Waals surface area contributed by atoms with Crippen LogP contribution in [0.4, 0.5) is 5.82 Å². The third-order valence-corrected chi connectivity index (χ3v) is 3.62. The van der Waals surface area contributed by atoms with Crippen LogP contribution in [-0.4, -0.2) is 68.1 Å². The fourth-order valence-electron chi connectivity index (χ4n) is 2.35. The molecule has 0 saturated carbocycles. The minimum Gasteiger partial charge on any atom is -0.468 e. The van der Waals surface area contributed by atoms with Crippen molar-refractivity contribution >= 4 is 17.7 Å². The predicted molar refractivity (Wildman–Crippen MR) is 82.9 cm³/mol. The Labute approximate surface area is 130 Å². The predicted octanol–water partition coefficient (Wildman–Crippen LogP) is 0.126. The van der Waals surface area contributed by atoms with Gasteiger partial charge in [-0.2, -0.15) is 0 Å². The molecule has 1 aromatic rings. The molecule has 1 N–H and O–H groups in total. The number of aromatic nitrogens is 1. The van der Waals surface area contributed by atoms with Gasteiger partial charge in [-0.15, -0.1) is 0 Å². The monoisotopic (exact) mass is 306 g/mol. The normalized spacial score (nSPS) is 15.5. The highest BCUT2D eigenvalue weighted by atomic mass is 16.5. The second-order valence-corrected chi connectivity index (χ2v) is 5.10. The molecule has 1 saturated heterocycles. The van der Waals surface area contributed by atoms with Crippen molar-refractivity contribution in [2.75, 3.05) is 51.3 Å². The van der Waals surface area contributed by atoms with Crippen molar-refractivity contribution in [2.24, 2.45) is 0 Å². The van der Waals surface area contributed by atoms with E-state index in [2.05, 4.69) is 24.8 Å². The summed E-state index contributed by atoms with van der Waals surface area (Å²) in [5.74, 6) is 0.535. The Morgan fingerprint density at radius 2 is 2.00 bits per heavy atom. The number of methoxy groups -OCH3 is 1. The molecule has 0 unspecified atom stereocenters. The van der Waals surface area contributed by atoms with Crippen LogP contribution in [-0.2, 0) is 9.53 Å². The third kappa shape index (κ3) is 4.17. The number of carbonyl (C=O) groups excluding carboxylic acids is 2. The van der Waals surface area contributed by atoms with Crippen molar-refractivity contribution in [2.45, 2.75) is 6.92 Å². The number of ether oxygens (including phenoxy) is 1. The maximum absolute atomic E-state index is 11.7. The number of pyridine rings is 1. The fraction of sp³-hybridized carbons (Fsp3) is 0.533. The summed E-state index contributed by atoms with van der Waals surface area (Å²) in [6.45, 7) is 5.98. The Bertz CT molecular complexity index is 510. The lowest BCUT2D eigenvalue weighted by atomic mass is 10.2. The number of esters is 1. The molecule has 2 heterocycles. The van der Waals surface area contributed by atoms with Crippen molar-refractivity contribution in [3.05, 3.63) is 23.9 Å². The van der Waals surface area contributed by atoms with Gasteiger partial charge in [-0.25, -0.2) is 4.98 Å². The van der Waals surface area contributed by atoms with E-state index in [0.717, 1.165) is 32.0 Å². The van der Waals surface area contributed by atoms with Crippen LogP contribution in [0.5, 0.6) is 0 Å². The van der Waals surface area contributed by atoms with E-state index >= 15 is 0 Å². The molecule has 0 bridgehead atoms. The van der Waals surface area contributed by atoms with Crippen LogP contribution < -0.4 is 10.2 Å². The smallest absolute Gasteiger partial charge is 0.319 e. The van der Waals surface area contributed by atoms with Gasteiger partial charge in [0.05, 0.1) is 19.2 Å². The summed E-state index contributed by atoms with van der Waals surface area (Å²) < 4.78 is 4.68. The molecule has 0 aliphatic carbocycles. The second-order valence-electron chi connectivity index (χ2n) is 5.10. The summed E-state index contributed by atoms with van der Waals surface area (Å²) in [6.07, 6.45) is 1.60. The summed E-state index contributed by atoms with van der Waals surface area (Å²) in [4.78, 5) is 31.5. The molecule has 0 aromatic carbocycles. The minimum absolute atomic E-state index is 0.107. The molecular weight excluding hydrogens is 284 g/mol. The molecule has 0 spiro atoms. The van der Waals surface area contributed by atoms with Crippen LogP contribution in [0.25, 0.3) is 0 Å². The van der Waals surface area contributed by atoms with Crippen LogP contribution in [0.1, 0.15) is 17.3 Å². The molecule has 120 valence electrons. The first-order valence-electron chi connectivity index (χ1n) is 7.42. The van der Waals surface area contributed by atoms with E-state index in [0.29, 0.717) is 18.7 Å². The summed E-state index contributed by atoms with van der Waals surface area (Å²) in [5.41, 5.74) is 0.565. The molecule has 1 aromatic heterocycles. The highest BCUT2D eigenvalue weighted by molar-refractivity contribution is 5.94. The van der Waals surface area contributed by atoms with E-state index in [9.17, 15) is 9.59 Å². The van der Waals surface area contributed by atoms with Gasteiger partial charge in [0.2, 0.25) is 0 Å². The topological polar surface area (TPSA) is 74.8 Å². The van der Waals surface area contributed by atoms with E-state index in [1.807, 2.05) is 13.0 Å². The number of hydrogen-bond donors (Lipinski definition) is 1. The minimum atomic E-state index is -0.210. The molecule has 7 heteroatoms. The maximum Gasteiger partial charge on any atom is 0.319 e. The second kappa shape index (κ2) is 7.74. The first-order chi connectivity index (χ1) is 10.6. The van der Waals surface area contributed by atoms with Gasteiger partial charge in [0, 0.05) is 38.9 Å². The standard InChI is InChI=1S/C15H22N4O3/c1-3-16-15(21)12-4-5-13(17-10-12)19-8-6-18(7-9-19)11-14(20)22-2/h4-5,10H,3,6-9,11H2,1-2H3,(H,16,21). The molecule has 22 heavy (non-hydrogen) atoms. The van der Waals surface area contributed by atoms with Crippen LogP contribution in [0.15, 0.2) is 18.3 Å². The lowest BCUT2D eigenvalue weighted by molar-refractivity contribution is -0.142. The Kier molecular flexibility index (Phi) is 5.71. The van der Waals surface area contributed by atoms with E-state index in [1.165, 1.54) is 7.11 Å². The van der Waals surface area contributed by atoms with E-state index in [-0.39, 0.29) is 11.9 Å². The molecule has 2 rings (SSSR count). The van der Waals surface area contributed by atoms with Crippen molar-refractivity contribution in [3.63, 3.8) is 0 Å². The van der Waals surface area contributed by atoms with E-state index in [4.69, 9.17) is 0 Å². The number of rotatable bonds is 5. The zero-order valence-corrected chi connectivity index (χ0v) is 13.0. The van der Waals surface area contributed by atoms with Gasteiger partial charge in [-0.1, -0.05) is 0 Å². The highest BCUT2D eigenvalue weighted by Gasteiger charge is 2.20. The van der Waals surface area contributed by atoms with Gasteiger partial charge in [-0.05, 0) is 19.1 Å². The molecule has 1 amide bonds. The van der Waals surface area contributed by atoms with Crippen molar-refractivity contribution in [3.8, 4) is 0 Å². The summed E-state index contributed by atoms with van der Waals surface area (Å²) >= 11 is 0. The van der Waals surface area contributed by atoms with Gasteiger partial charge in [0.15, 0.2) is 0 Å². The number of hydrogen-bond acceptors (Lipinski definition) is 6. The van der Waals surface area contributed by atoms with E-state index in [1.54, 1.807) is 12.3 Å². The molecular formula is C15H22N4O3. The number of anilines is 1. The number of carbonyl (C=O) groups is 2. The lowest BCUT2D eigenvalue weighted by Crippen LogP contribution is -2.48. The summed E-state index contributed by atoms with van der Waals surface area (Å²) in [5, 5.41) is 2.75. The van der Waals surface area contributed by atoms with Gasteiger partial charge < -0.3 is 15.0 Å².